The van der Waals surface area contributed by atoms with Crippen molar-refractivity contribution in [2.45, 2.75) is 32.2 Å². The Morgan fingerprint density at radius 3 is 2.75 bits per heavy atom. The van der Waals surface area contributed by atoms with E-state index in [9.17, 15) is 0 Å². The summed E-state index contributed by atoms with van der Waals surface area (Å²) in [4.78, 5) is 13.0. The number of hydrogen-bond donors (Lipinski definition) is 1. The second kappa shape index (κ2) is 6.74. The molecule has 20 heavy (non-hydrogen) atoms. The van der Waals surface area contributed by atoms with Crippen molar-refractivity contribution < 1.29 is 4.74 Å². The molecule has 0 aromatic carbocycles. The first kappa shape index (κ1) is 14.8. The van der Waals surface area contributed by atoms with Crippen molar-refractivity contribution >= 4 is 11.5 Å². The molecule has 0 saturated carbocycles. The largest absolute Gasteiger partial charge is 0.476 e. The van der Waals surface area contributed by atoms with E-state index in [1.165, 1.54) is 6.33 Å². The van der Waals surface area contributed by atoms with Crippen LogP contribution in [0.15, 0.2) is 6.33 Å². The van der Waals surface area contributed by atoms with Crippen molar-refractivity contribution in [3.05, 3.63) is 6.33 Å². The highest BCUT2D eigenvalue weighted by Gasteiger charge is 2.24. The van der Waals surface area contributed by atoms with Crippen LogP contribution < -0.4 is 15.4 Å². The molecule has 0 radical (unpaired) electrons. The lowest BCUT2D eigenvalue weighted by atomic mass is 10.0. The Balaban J connectivity index is 2.11. The van der Waals surface area contributed by atoms with Gasteiger partial charge in [0, 0.05) is 13.1 Å². The summed E-state index contributed by atoms with van der Waals surface area (Å²) in [5, 5.41) is 0. The van der Waals surface area contributed by atoms with Gasteiger partial charge in [-0.25, -0.2) is 4.98 Å². The van der Waals surface area contributed by atoms with Gasteiger partial charge < -0.3 is 20.3 Å². The molecule has 2 rings (SSSR count). The molecule has 1 aromatic heterocycles. The number of hydrogen-bond acceptors (Lipinski definition) is 6. The average molecular weight is 279 g/mol. The molecule has 0 amide bonds. The van der Waals surface area contributed by atoms with E-state index < -0.39 is 0 Å². The van der Waals surface area contributed by atoms with Crippen molar-refractivity contribution in [3.63, 3.8) is 0 Å². The Labute approximate surface area is 120 Å². The maximum absolute atomic E-state index is 6.16. The maximum atomic E-state index is 6.16. The summed E-state index contributed by atoms with van der Waals surface area (Å²) in [7, 11) is 4.21. The quantitative estimate of drug-likeness (QED) is 0.878. The summed E-state index contributed by atoms with van der Waals surface area (Å²) >= 11 is 0. The van der Waals surface area contributed by atoms with Gasteiger partial charge in [0.2, 0.25) is 5.88 Å². The fourth-order valence-electron chi connectivity index (χ4n) is 2.52. The number of ether oxygens (including phenoxy) is 1. The number of nitrogen functional groups attached to an aromatic ring is 1. The summed E-state index contributed by atoms with van der Waals surface area (Å²) < 4.78 is 5.57. The normalized spacial score (nSPS) is 17.1. The SMILES string of the molecule is CCCOc1ncnc(N(C)C2CCN(C)CC2)c1N. The highest BCUT2D eigenvalue weighted by Crippen LogP contribution is 2.30. The predicted molar refractivity (Wildman–Crippen MR) is 81.2 cm³/mol. The number of piperidine rings is 1. The fraction of sp³-hybridized carbons (Fsp3) is 0.714. The van der Waals surface area contributed by atoms with Crippen LogP contribution in [0.1, 0.15) is 26.2 Å². The van der Waals surface area contributed by atoms with E-state index in [0.29, 0.717) is 24.2 Å². The Bertz CT molecular complexity index is 432. The van der Waals surface area contributed by atoms with Crippen molar-refractivity contribution in [1.29, 1.82) is 0 Å². The molecular formula is C14H25N5O. The highest BCUT2D eigenvalue weighted by atomic mass is 16.5. The van der Waals surface area contributed by atoms with Crippen LogP contribution in [0.25, 0.3) is 0 Å². The molecule has 2 heterocycles. The van der Waals surface area contributed by atoms with Crippen LogP contribution in [0.3, 0.4) is 0 Å². The molecule has 1 aliphatic heterocycles. The Hall–Kier alpha value is -1.56. The van der Waals surface area contributed by atoms with Crippen LogP contribution in [-0.2, 0) is 0 Å². The molecule has 1 saturated heterocycles. The van der Waals surface area contributed by atoms with Gasteiger partial charge in [0.1, 0.15) is 12.0 Å². The zero-order valence-electron chi connectivity index (χ0n) is 12.7. The Morgan fingerprint density at radius 1 is 1.40 bits per heavy atom. The number of likely N-dealkylation sites (tertiary alicyclic amines) is 1. The molecule has 0 unspecified atom stereocenters. The number of nitrogens with zero attached hydrogens (tertiary/aromatic N) is 4. The molecule has 0 aliphatic carbocycles. The van der Waals surface area contributed by atoms with Crippen LogP contribution in [0.5, 0.6) is 5.88 Å². The summed E-state index contributed by atoms with van der Waals surface area (Å²) in [6.07, 6.45) is 4.72. The predicted octanol–water partition coefficient (Wildman–Crippen LogP) is 1.38. The minimum atomic E-state index is 0.474. The van der Waals surface area contributed by atoms with Crippen LogP contribution in [0, 0.1) is 0 Å². The molecule has 0 bridgehead atoms. The van der Waals surface area contributed by atoms with Gasteiger partial charge in [0.05, 0.1) is 6.61 Å². The first-order valence-electron chi connectivity index (χ1n) is 7.28. The molecule has 0 spiro atoms. The minimum Gasteiger partial charge on any atom is -0.476 e. The highest BCUT2D eigenvalue weighted by molar-refractivity contribution is 5.67. The van der Waals surface area contributed by atoms with Gasteiger partial charge in [-0.3, -0.25) is 0 Å². The van der Waals surface area contributed by atoms with Gasteiger partial charge >= 0.3 is 0 Å². The van der Waals surface area contributed by atoms with Gasteiger partial charge in [0.25, 0.3) is 0 Å². The summed E-state index contributed by atoms with van der Waals surface area (Å²) in [6.45, 7) is 4.90. The monoisotopic (exact) mass is 279 g/mol. The van der Waals surface area contributed by atoms with E-state index in [2.05, 4.69) is 40.8 Å². The maximum Gasteiger partial charge on any atom is 0.242 e. The molecule has 112 valence electrons. The molecule has 6 nitrogen and oxygen atoms in total. The van der Waals surface area contributed by atoms with E-state index in [1.54, 1.807) is 0 Å². The van der Waals surface area contributed by atoms with Crippen LogP contribution in [0.4, 0.5) is 11.5 Å². The molecular weight excluding hydrogens is 254 g/mol. The van der Waals surface area contributed by atoms with Gasteiger partial charge in [-0.2, -0.15) is 4.98 Å². The third-order valence-electron chi connectivity index (χ3n) is 3.84. The van der Waals surface area contributed by atoms with E-state index in [1.807, 2.05) is 0 Å². The summed E-state index contributed by atoms with van der Waals surface area (Å²) in [6, 6.07) is 0.474. The van der Waals surface area contributed by atoms with Crippen LogP contribution >= 0.6 is 0 Å². The second-order valence-electron chi connectivity index (χ2n) is 5.41. The zero-order valence-corrected chi connectivity index (χ0v) is 12.7. The van der Waals surface area contributed by atoms with Gasteiger partial charge in [-0.05, 0) is 39.4 Å². The van der Waals surface area contributed by atoms with Gasteiger partial charge in [-0.15, -0.1) is 0 Å². The summed E-state index contributed by atoms with van der Waals surface area (Å²) in [5.74, 6) is 1.28. The third-order valence-corrected chi connectivity index (χ3v) is 3.84. The standard InChI is InChI=1S/C14H25N5O/c1-4-9-20-14-12(15)13(16-10-17-14)19(3)11-5-7-18(2)8-6-11/h10-11H,4-9,15H2,1-3H3. The molecule has 1 aromatic rings. The van der Waals surface area contributed by atoms with E-state index in [4.69, 9.17) is 10.5 Å². The first-order chi connectivity index (χ1) is 9.63. The smallest absolute Gasteiger partial charge is 0.242 e. The molecule has 1 aliphatic rings. The fourth-order valence-corrected chi connectivity index (χ4v) is 2.52. The van der Waals surface area contributed by atoms with Crippen LogP contribution in [0.2, 0.25) is 0 Å². The lowest BCUT2D eigenvalue weighted by Gasteiger charge is -2.36. The van der Waals surface area contributed by atoms with Crippen molar-refractivity contribution in [2.75, 3.05) is 44.4 Å². The minimum absolute atomic E-state index is 0.474. The van der Waals surface area contributed by atoms with Crippen LogP contribution in [-0.4, -0.2) is 54.7 Å². The Morgan fingerprint density at radius 2 is 2.10 bits per heavy atom. The van der Waals surface area contributed by atoms with E-state index in [0.717, 1.165) is 38.2 Å². The number of nitrogens with two attached hydrogens (primary N) is 1. The molecule has 0 atom stereocenters. The number of anilines is 2. The number of rotatable bonds is 5. The summed E-state index contributed by atoms with van der Waals surface area (Å²) in [5.41, 5.74) is 6.70. The van der Waals surface area contributed by atoms with E-state index >= 15 is 0 Å². The van der Waals surface area contributed by atoms with Crippen molar-refractivity contribution in [3.8, 4) is 5.88 Å². The van der Waals surface area contributed by atoms with Crippen molar-refractivity contribution in [2.24, 2.45) is 0 Å². The van der Waals surface area contributed by atoms with Gasteiger partial charge in [0.15, 0.2) is 5.82 Å². The lowest BCUT2D eigenvalue weighted by Crippen LogP contribution is -2.42. The molecule has 2 N–H and O–H groups in total. The van der Waals surface area contributed by atoms with Gasteiger partial charge in [-0.1, -0.05) is 6.92 Å². The topological polar surface area (TPSA) is 67.5 Å². The van der Waals surface area contributed by atoms with Crippen molar-refractivity contribution in [1.82, 2.24) is 14.9 Å². The lowest BCUT2D eigenvalue weighted by molar-refractivity contribution is 0.252. The van der Waals surface area contributed by atoms with E-state index in [-0.39, 0.29) is 0 Å². The molecule has 1 fully saturated rings. The number of aromatic nitrogens is 2. The molecule has 6 heteroatoms. The third kappa shape index (κ3) is 3.30. The Kier molecular flexibility index (Phi) is 5.00. The second-order valence-corrected chi connectivity index (χ2v) is 5.41. The average Bonchev–Trinajstić information content (AvgIpc) is 2.46. The zero-order chi connectivity index (χ0) is 14.5. The first-order valence-corrected chi connectivity index (χ1v) is 7.28.